The monoisotopic (exact) mass is 442 g/mol. The second kappa shape index (κ2) is 8.70. The molecule has 2 aliphatic rings. The zero-order valence-corrected chi connectivity index (χ0v) is 18.5. The van der Waals surface area contributed by atoms with Crippen molar-refractivity contribution in [1.82, 2.24) is 4.90 Å². The van der Waals surface area contributed by atoms with E-state index in [0.29, 0.717) is 36.6 Å². The predicted molar refractivity (Wildman–Crippen MR) is 124 cm³/mol. The summed E-state index contributed by atoms with van der Waals surface area (Å²) in [4.78, 5) is 24.4. The summed E-state index contributed by atoms with van der Waals surface area (Å²) in [6.45, 7) is 1.17. The molecule has 0 unspecified atom stereocenters. The number of carbonyl (C=O) groups is 1. The molecule has 2 aromatic rings. The number of carbonyl (C=O) groups excluding carboxylic acids is 1. The number of methoxy groups -OCH3 is 1. The summed E-state index contributed by atoms with van der Waals surface area (Å²) in [5.74, 6) is 0.813. The highest BCUT2D eigenvalue weighted by molar-refractivity contribution is 8.15. The van der Waals surface area contributed by atoms with Gasteiger partial charge >= 0.3 is 6.03 Å². The molecule has 156 valence electrons. The van der Waals surface area contributed by atoms with E-state index in [-0.39, 0.29) is 6.03 Å². The molecule has 0 radical (unpaired) electrons. The van der Waals surface area contributed by atoms with Crippen molar-refractivity contribution < 1.29 is 9.53 Å². The minimum Gasteiger partial charge on any atom is -0.497 e. The number of likely N-dealkylation sites (tertiary alicyclic amines) is 1. The van der Waals surface area contributed by atoms with E-state index in [9.17, 15) is 4.79 Å². The molecule has 30 heavy (non-hydrogen) atoms. The summed E-state index contributed by atoms with van der Waals surface area (Å²) in [6, 6.07) is 15.0. The Bertz CT molecular complexity index is 998. The lowest BCUT2D eigenvalue weighted by molar-refractivity contribution is 0.175. The Labute approximate surface area is 185 Å². The van der Waals surface area contributed by atoms with Crippen LogP contribution in [0, 0.1) is 0 Å². The molecular formula is C22H23ClN4O2S. The molecule has 1 fully saturated rings. The second-order valence-electron chi connectivity index (χ2n) is 7.19. The third kappa shape index (κ3) is 4.18. The molecule has 1 N–H and O–H groups in total. The van der Waals surface area contributed by atoms with Crippen molar-refractivity contribution in [3.05, 3.63) is 59.1 Å². The minimum absolute atomic E-state index is 0.149. The number of nitrogens with zero attached hydrogens (tertiary/aromatic N) is 3. The van der Waals surface area contributed by atoms with Crippen LogP contribution in [0.5, 0.6) is 5.75 Å². The van der Waals surface area contributed by atoms with Crippen LogP contribution < -0.4 is 10.1 Å². The largest absolute Gasteiger partial charge is 0.497 e. The van der Waals surface area contributed by atoms with Crippen LogP contribution in [0.15, 0.2) is 58.5 Å². The average Bonchev–Trinajstić information content (AvgIpc) is 3.14. The maximum Gasteiger partial charge on any atom is 0.321 e. The Morgan fingerprint density at radius 3 is 2.47 bits per heavy atom. The SMILES string of the molecule is COc1ccc(C2=NC3(CCN(C(=O)Nc4ccccc4Cl)CC3)N=C2SC)cc1. The van der Waals surface area contributed by atoms with Crippen molar-refractivity contribution in [2.75, 3.05) is 31.8 Å². The van der Waals surface area contributed by atoms with Crippen molar-refractivity contribution in [2.24, 2.45) is 9.98 Å². The van der Waals surface area contributed by atoms with Gasteiger partial charge in [0.1, 0.15) is 10.8 Å². The number of piperidine rings is 1. The van der Waals surface area contributed by atoms with E-state index in [1.807, 2.05) is 42.7 Å². The highest BCUT2D eigenvalue weighted by Crippen LogP contribution is 2.35. The highest BCUT2D eigenvalue weighted by atomic mass is 35.5. The number of urea groups is 1. The van der Waals surface area contributed by atoms with Crippen LogP contribution in [-0.2, 0) is 0 Å². The number of hydrogen-bond donors (Lipinski definition) is 1. The standard InChI is InChI=1S/C22H23ClN4O2S/c1-29-16-9-7-15(8-10-16)19-20(30-2)26-22(25-19)11-13-27(14-12-22)21(28)24-18-6-4-3-5-17(18)23/h3-10H,11-14H2,1-2H3,(H,24,28). The number of aliphatic imine (C=N–C) groups is 2. The van der Waals surface area contributed by atoms with Crippen LogP contribution in [0.1, 0.15) is 18.4 Å². The molecule has 1 spiro atoms. The number of rotatable bonds is 3. The fourth-order valence-electron chi connectivity index (χ4n) is 3.65. The van der Waals surface area contributed by atoms with Gasteiger partial charge in [0, 0.05) is 31.5 Å². The molecule has 2 heterocycles. The summed E-state index contributed by atoms with van der Waals surface area (Å²) in [6.07, 6.45) is 3.39. The van der Waals surface area contributed by atoms with Crippen molar-refractivity contribution >= 4 is 45.8 Å². The van der Waals surface area contributed by atoms with Crippen LogP contribution >= 0.6 is 23.4 Å². The third-order valence-corrected chi connectivity index (χ3v) is 6.36. The van der Waals surface area contributed by atoms with E-state index in [1.165, 1.54) is 0 Å². The number of para-hydroxylation sites is 1. The molecule has 2 aromatic carbocycles. The van der Waals surface area contributed by atoms with E-state index in [1.54, 1.807) is 35.9 Å². The summed E-state index contributed by atoms with van der Waals surface area (Å²) >= 11 is 7.76. The molecule has 0 aromatic heterocycles. The number of nitrogens with one attached hydrogen (secondary N) is 1. The lowest BCUT2D eigenvalue weighted by Gasteiger charge is -2.35. The summed E-state index contributed by atoms with van der Waals surface area (Å²) < 4.78 is 5.25. The van der Waals surface area contributed by atoms with E-state index in [4.69, 9.17) is 26.3 Å². The number of anilines is 1. The first-order valence-electron chi connectivity index (χ1n) is 9.72. The molecule has 4 rings (SSSR count). The highest BCUT2D eigenvalue weighted by Gasteiger charge is 2.40. The number of ether oxygens (including phenoxy) is 1. The van der Waals surface area contributed by atoms with Crippen LogP contribution in [-0.4, -0.2) is 53.8 Å². The molecule has 2 amide bonds. The van der Waals surface area contributed by atoms with Crippen molar-refractivity contribution in [3.8, 4) is 5.75 Å². The quantitative estimate of drug-likeness (QED) is 0.732. The van der Waals surface area contributed by atoms with Gasteiger partial charge in [0.15, 0.2) is 5.66 Å². The first kappa shape index (κ1) is 20.8. The molecule has 1 saturated heterocycles. The first-order valence-corrected chi connectivity index (χ1v) is 11.3. The van der Waals surface area contributed by atoms with Gasteiger partial charge in [-0.25, -0.2) is 9.79 Å². The van der Waals surface area contributed by atoms with Crippen LogP contribution in [0.4, 0.5) is 10.5 Å². The molecule has 0 saturated carbocycles. The van der Waals surface area contributed by atoms with E-state index in [2.05, 4.69) is 5.32 Å². The van der Waals surface area contributed by atoms with Gasteiger partial charge in [-0.05, 0) is 42.7 Å². The Morgan fingerprint density at radius 2 is 1.83 bits per heavy atom. The van der Waals surface area contributed by atoms with Gasteiger partial charge in [-0.2, -0.15) is 0 Å². The van der Waals surface area contributed by atoms with Gasteiger partial charge in [-0.3, -0.25) is 4.99 Å². The maximum absolute atomic E-state index is 12.7. The van der Waals surface area contributed by atoms with Crippen molar-refractivity contribution in [1.29, 1.82) is 0 Å². The molecule has 6 nitrogen and oxygen atoms in total. The zero-order valence-electron chi connectivity index (χ0n) is 16.9. The molecule has 0 bridgehead atoms. The summed E-state index contributed by atoms with van der Waals surface area (Å²) in [7, 11) is 1.65. The Hall–Kier alpha value is -2.51. The van der Waals surface area contributed by atoms with Crippen LogP contribution in [0.25, 0.3) is 0 Å². The maximum atomic E-state index is 12.7. The lowest BCUT2D eigenvalue weighted by Crippen LogP contribution is -2.46. The topological polar surface area (TPSA) is 66.3 Å². The molecule has 0 atom stereocenters. The Kier molecular flexibility index (Phi) is 6.01. The van der Waals surface area contributed by atoms with Crippen molar-refractivity contribution in [2.45, 2.75) is 18.5 Å². The number of amides is 2. The molecular weight excluding hydrogens is 420 g/mol. The van der Waals surface area contributed by atoms with E-state index in [0.717, 1.165) is 22.1 Å². The lowest BCUT2D eigenvalue weighted by atomic mass is 9.98. The second-order valence-corrected chi connectivity index (χ2v) is 8.39. The average molecular weight is 443 g/mol. The number of hydrogen-bond acceptors (Lipinski definition) is 5. The normalized spacial score (nSPS) is 17.5. The molecule has 0 aliphatic carbocycles. The summed E-state index contributed by atoms with van der Waals surface area (Å²) in [5, 5.41) is 4.36. The Morgan fingerprint density at radius 1 is 1.13 bits per heavy atom. The number of thioether (sulfide) groups is 1. The first-order chi connectivity index (χ1) is 14.5. The van der Waals surface area contributed by atoms with Gasteiger partial charge in [-0.1, -0.05) is 23.7 Å². The smallest absolute Gasteiger partial charge is 0.321 e. The third-order valence-electron chi connectivity index (χ3n) is 5.36. The van der Waals surface area contributed by atoms with E-state index < -0.39 is 5.66 Å². The zero-order chi connectivity index (χ0) is 21.1. The van der Waals surface area contributed by atoms with Crippen LogP contribution in [0.3, 0.4) is 0 Å². The molecule has 8 heteroatoms. The number of halogens is 1. The predicted octanol–water partition coefficient (Wildman–Crippen LogP) is 4.94. The van der Waals surface area contributed by atoms with Gasteiger partial charge in [-0.15, -0.1) is 11.8 Å². The van der Waals surface area contributed by atoms with Gasteiger partial charge in [0.05, 0.1) is 23.5 Å². The fraction of sp³-hybridized carbons (Fsp3) is 0.318. The summed E-state index contributed by atoms with van der Waals surface area (Å²) in [5.41, 5.74) is 2.07. The minimum atomic E-state index is -0.491. The van der Waals surface area contributed by atoms with E-state index >= 15 is 0 Å². The van der Waals surface area contributed by atoms with Crippen molar-refractivity contribution in [3.63, 3.8) is 0 Å². The van der Waals surface area contributed by atoms with Gasteiger partial charge in [0.2, 0.25) is 0 Å². The Balaban J connectivity index is 1.46. The fourth-order valence-corrected chi connectivity index (χ4v) is 4.45. The molecule has 2 aliphatic heterocycles. The number of benzene rings is 2. The van der Waals surface area contributed by atoms with Crippen LogP contribution in [0.2, 0.25) is 5.02 Å². The van der Waals surface area contributed by atoms with Gasteiger partial charge < -0.3 is 15.0 Å². The van der Waals surface area contributed by atoms with Gasteiger partial charge in [0.25, 0.3) is 0 Å².